The van der Waals surface area contributed by atoms with Gasteiger partial charge in [-0.25, -0.2) is 4.52 Å². The van der Waals surface area contributed by atoms with Gasteiger partial charge in [0.1, 0.15) is 22.6 Å². The van der Waals surface area contributed by atoms with Crippen molar-refractivity contribution < 1.29 is 23.5 Å². The largest absolute Gasteiger partial charge is 0.460 e. The van der Waals surface area contributed by atoms with Crippen molar-refractivity contribution in [1.82, 2.24) is 25.1 Å². The standard InChI is InChI=1S/C27H27N5O5/c1-15-19(26(35)31-9-7-27(14-31)11-22(33)29-13-27)12-32-24(15)20(6-8-30-32)37-17-4-5-18-21(10-17)36-16(2)23(18)25(34)28-3/h4-6,8,10,12H,7,9,11,13-14H2,1-3H3,(H,28,34)(H,29,33)/t27-/m1/s1. The summed E-state index contributed by atoms with van der Waals surface area (Å²) in [5.41, 5.74) is 2.91. The van der Waals surface area contributed by atoms with Crippen LogP contribution < -0.4 is 15.4 Å². The molecular weight excluding hydrogens is 474 g/mol. The predicted octanol–water partition coefficient (Wildman–Crippen LogP) is 3.20. The molecule has 10 nitrogen and oxygen atoms in total. The summed E-state index contributed by atoms with van der Waals surface area (Å²) < 4.78 is 13.7. The summed E-state index contributed by atoms with van der Waals surface area (Å²) in [5.74, 6) is 1.39. The van der Waals surface area contributed by atoms with Crippen LogP contribution in [-0.4, -0.2) is 58.9 Å². The van der Waals surface area contributed by atoms with E-state index < -0.39 is 0 Å². The summed E-state index contributed by atoms with van der Waals surface area (Å²) in [6.45, 7) is 5.45. The second-order valence-electron chi connectivity index (χ2n) is 9.96. The molecule has 0 radical (unpaired) electrons. The van der Waals surface area contributed by atoms with Crippen molar-refractivity contribution in [2.24, 2.45) is 5.41 Å². The minimum Gasteiger partial charge on any atom is -0.460 e. The van der Waals surface area contributed by atoms with Gasteiger partial charge in [0, 0.05) is 62.2 Å². The van der Waals surface area contributed by atoms with Gasteiger partial charge in [0.05, 0.1) is 17.3 Å². The Morgan fingerprint density at radius 2 is 2.08 bits per heavy atom. The first-order valence-corrected chi connectivity index (χ1v) is 12.2. The van der Waals surface area contributed by atoms with Crippen LogP contribution in [0.3, 0.4) is 0 Å². The van der Waals surface area contributed by atoms with Gasteiger partial charge in [0.15, 0.2) is 5.75 Å². The fourth-order valence-electron chi connectivity index (χ4n) is 5.64. The van der Waals surface area contributed by atoms with Crippen molar-refractivity contribution >= 4 is 34.2 Å². The van der Waals surface area contributed by atoms with Crippen molar-refractivity contribution in [2.45, 2.75) is 26.7 Å². The van der Waals surface area contributed by atoms with Crippen LogP contribution in [0.25, 0.3) is 16.5 Å². The average molecular weight is 502 g/mol. The number of nitrogens with zero attached hydrogens (tertiary/aromatic N) is 3. The van der Waals surface area contributed by atoms with E-state index in [1.165, 1.54) is 0 Å². The van der Waals surface area contributed by atoms with E-state index in [1.54, 1.807) is 55.1 Å². The lowest BCUT2D eigenvalue weighted by molar-refractivity contribution is -0.119. The van der Waals surface area contributed by atoms with Gasteiger partial charge in [-0.1, -0.05) is 0 Å². The fourth-order valence-corrected chi connectivity index (χ4v) is 5.64. The van der Waals surface area contributed by atoms with E-state index in [2.05, 4.69) is 15.7 Å². The number of furan rings is 1. The number of aromatic nitrogens is 2. The highest BCUT2D eigenvalue weighted by molar-refractivity contribution is 6.07. The van der Waals surface area contributed by atoms with E-state index in [9.17, 15) is 14.4 Å². The normalized spacial score (nSPS) is 19.2. The summed E-state index contributed by atoms with van der Waals surface area (Å²) in [6, 6.07) is 7.09. The van der Waals surface area contributed by atoms with Gasteiger partial charge in [-0.2, -0.15) is 5.10 Å². The molecule has 10 heteroatoms. The van der Waals surface area contributed by atoms with Crippen LogP contribution in [0.2, 0.25) is 0 Å². The minimum absolute atomic E-state index is 0.0545. The number of carbonyl (C=O) groups excluding carboxylic acids is 3. The third-order valence-corrected chi connectivity index (χ3v) is 7.56. The van der Waals surface area contributed by atoms with Crippen LogP contribution in [0, 0.1) is 19.3 Å². The zero-order valence-electron chi connectivity index (χ0n) is 20.9. The molecule has 0 saturated carbocycles. The summed E-state index contributed by atoms with van der Waals surface area (Å²) in [4.78, 5) is 39.3. The first kappa shape index (κ1) is 23.1. The van der Waals surface area contributed by atoms with Crippen molar-refractivity contribution in [2.75, 3.05) is 26.7 Å². The van der Waals surface area contributed by atoms with Gasteiger partial charge in [0.25, 0.3) is 11.8 Å². The summed E-state index contributed by atoms with van der Waals surface area (Å²) in [7, 11) is 1.58. The first-order chi connectivity index (χ1) is 17.8. The van der Waals surface area contributed by atoms with Gasteiger partial charge in [-0.05, 0) is 38.0 Å². The summed E-state index contributed by atoms with van der Waals surface area (Å²) in [5, 5.41) is 10.6. The van der Waals surface area contributed by atoms with Crippen LogP contribution in [0.1, 0.15) is 44.9 Å². The van der Waals surface area contributed by atoms with Crippen molar-refractivity contribution in [3.63, 3.8) is 0 Å². The Hall–Kier alpha value is -4.34. The zero-order valence-corrected chi connectivity index (χ0v) is 20.9. The number of ether oxygens (including phenoxy) is 1. The maximum Gasteiger partial charge on any atom is 0.255 e. The third-order valence-electron chi connectivity index (χ3n) is 7.56. The molecule has 0 unspecified atom stereocenters. The number of amides is 3. The number of carbonyl (C=O) groups is 3. The van der Waals surface area contributed by atoms with Crippen LogP contribution in [0.4, 0.5) is 0 Å². The second kappa shape index (κ2) is 8.36. The number of rotatable bonds is 4. The molecule has 3 amide bonds. The fraction of sp³-hybridized carbons (Fsp3) is 0.333. The van der Waals surface area contributed by atoms with Crippen LogP contribution in [-0.2, 0) is 4.79 Å². The first-order valence-electron chi connectivity index (χ1n) is 12.2. The van der Waals surface area contributed by atoms with E-state index in [4.69, 9.17) is 9.15 Å². The lowest BCUT2D eigenvalue weighted by Gasteiger charge is -2.21. The molecule has 0 bridgehead atoms. The Morgan fingerprint density at radius 1 is 1.24 bits per heavy atom. The smallest absolute Gasteiger partial charge is 0.255 e. The minimum atomic E-state index is -0.207. The van der Waals surface area contributed by atoms with Crippen LogP contribution >= 0.6 is 0 Å². The van der Waals surface area contributed by atoms with Crippen molar-refractivity contribution in [3.8, 4) is 11.5 Å². The molecule has 2 aliphatic rings. The monoisotopic (exact) mass is 501 g/mol. The molecular formula is C27H27N5O5. The Kier molecular flexibility index (Phi) is 5.22. The maximum absolute atomic E-state index is 13.5. The number of fused-ring (bicyclic) bond motifs is 2. The molecule has 1 spiro atoms. The summed E-state index contributed by atoms with van der Waals surface area (Å²) >= 11 is 0. The van der Waals surface area contributed by atoms with Gasteiger partial charge < -0.3 is 24.7 Å². The highest BCUT2D eigenvalue weighted by atomic mass is 16.5. The van der Waals surface area contributed by atoms with E-state index in [0.717, 1.165) is 12.0 Å². The second-order valence-corrected chi connectivity index (χ2v) is 9.96. The SMILES string of the molecule is CNC(=O)c1c(C)oc2cc(Oc3ccnn4cc(C(=O)N5CC[C@@]6(CNC(=O)C6)C5)c(C)c34)ccc12. The van der Waals surface area contributed by atoms with E-state index in [1.807, 2.05) is 11.8 Å². The lowest BCUT2D eigenvalue weighted by atomic mass is 9.86. The zero-order chi connectivity index (χ0) is 25.9. The van der Waals surface area contributed by atoms with Crippen LogP contribution in [0.15, 0.2) is 41.1 Å². The van der Waals surface area contributed by atoms with Gasteiger partial charge >= 0.3 is 0 Å². The molecule has 190 valence electrons. The molecule has 1 aromatic carbocycles. The average Bonchev–Trinajstić information content (AvgIpc) is 3.63. The summed E-state index contributed by atoms with van der Waals surface area (Å²) in [6.07, 6.45) is 4.64. The molecule has 2 fully saturated rings. The number of likely N-dealkylation sites (tertiary alicyclic amines) is 1. The van der Waals surface area contributed by atoms with Gasteiger partial charge in [-0.15, -0.1) is 0 Å². The van der Waals surface area contributed by atoms with Crippen LogP contribution in [0.5, 0.6) is 11.5 Å². The van der Waals surface area contributed by atoms with E-state index in [-0.39, 0.29) is 23.1 Å². The highest BCUT2D eigenvalue weighted by Crippen LogP contribution is 2.38. The van der Waals surface area contributed by atoms with E-state index >= 15 is 0 Å². The maximum atomic E-state index is 13.5. The Balaban J connectivity index is 1.30. The van der Waals surface area contributed by atoms with Crippen molar-refractivity contribution in [3.05, 3.63) is 59.1 Å². The number of nitrogens with one attached hydrogen (secondary N) is 2. The predicted molar refractivity (Wildman–Crippen MR) is 135 cm³/mol. The lowest BCUT2D eigenvalue weighted by Crippen LogP contribution is -2.33. The molecule has 37 heavy (non-hydrogen) atoms. The number of hydrogen-bond donors (Lipinski definition) is 2. The number of aryl methyl sites for hydroxylation is 2. The Labute approximate surface area is 212 Å². The molecule has 2 saturated heterocycles. The van der Waals surface area contributed by atoms with Gasteiger partial charge in [-0.3, -0.25) is 14.4 Å². The molecule has 1 atom stereocenters. The van der Waals surface area contributed by atoms with Crippen molar-refractivity contribution in [1.29, 1.82) is 0 Å². The molecule has 2 aliphatic heterocycles. The van der Waals surface area contributed by atoms with E-state index in [0.29, 0.717) is 70.9 Å². The quantitative estimate of drug-likeness (QED) is 0.443. The number of hydrogen-bond acceptors (Lipinski definition) is 6. The molecule has 6 rings (SSSR count). The topological polar surface area (TPSA) is 118 Å². The Bertz CT molecular complexity index is 1600. The molecule has 3 aromatic heterocycles. The highest BCUT2D eigenvalue weighted by Gasteiger charge is 2.45. The molecule has 5 heterocycles. The third kappa shape index (κ3) is 3.71. The molecule has 2 N–H and O–H groups in total. The molecule has 0 aliphatic carbocycles. The molecule has 4 aromatic rings. The Morgan fingerprint density at radius 3 is 2.84 bits per heavy atom. The van der Waals surface area contributed by atoms with Gasteiger partial charge in [0.2, 0.25) is 5.91 Å². The number of benzene rings is 1.